The molecule has 23 heavy (non-hydrogen) atoms. The van der Waals surface area contributed by atoms with E-state index in [1.165, 1.54) is 0 Å². The summed E-state index contributed by atoms with van der Waals surface area (Å²) in [5, 5.41) is 3.44. The molecular weight excluding hydrogens is 314 g/mol. The highest BCUT2D eigenvalue weighted by Gasteiger charge is 2.14. The van der Waals surface area contributed by atoms with Gasteiger partial charge < -0.3 is 14.8 Å². The van der Waals surface area contributed by atoms with Crippen molar-refractivity contribution < 1.29 is 14.3 Å². The van der Waals surface area contributed by atoms with Crippen LogP contribution in [0.4, 0.5) is 0 Å². The van der Waals surface area contributed by atoms with Crippen LogP contribution in [-0.4, -0.2) is 25.2 Å². The lowest BCUT2D eigenvalue weighted by atomic mass is 10.2. The third-order valence-electron chi connectivity index (χ3n) is 3.16. The number of carbonyl (C=O) groups is 1. The predicted molar refractivity (Wildman–Crippen MR) is 91.2 cm³/mol. The van der Waals surface area contributed by atoms with Gasteiger partial charge in [-0.15, -0.1) is 0 Å². The molecule has 1 amide bonds. The summed E-state index contributed by atoms with van der Waals surface area (Å²) in [6.07, 6.45) is -0.563. The number of ether oxygens (including phenoxy) is 2. The van der Waals surface area contributed by atoms with E-state index in [1.54, 1.807) is 31.2 Å². The van der Waals surface area contributed by atoms with Crippen molar-refractivity contribution in [1.82, 2.24) is 5.32 Å². The lowest BCUT2D eigenvalue weighted by Crippen LogP contribution is -2.38. The molecule has 0 heterocycles. The summed E-state index contributed by atoms with van der Waals surface area (Å²) in [7, 11) is 0. The Morgan fingerprint density at radius 3 is 2.61 bits per heavy atom. The first-order chi connectivity index (χ1) is 11.0. The molecule has 0 spiro atoms. The number of hydrogen-bond acceptors (Lipinski definition) is 3. The number of rotatable bonds is 7. The Balaban J connectivity index is 1.70. The Labute approximate surface area is 141 Å². The minimum absolute atomic E-state index is 0.175. The van der Waals surface area contributed by atoms with Crippen LogP contribution in [0.3, 0.4) is 0 Å². The molecule has 0 fully saturated rings. The molecule has 4 nitrogen and oxygen atoms in total. The monoisotopic (exact) mass is 333 g/mol. The Hall–Kier alpha value is -2.20. The third-order valence-corrected chi connectivity index (χ3v) is 3.41. The molecule has 0 aliphatic heterocycles. The molecule has 0 saturated heterocycles. The van der Waals surface area contributed by atoms with Gasteiger partial charge in [-0.25, -0.2) is 0 Å². The van der Waals surface area contributed by atoms with E-state index < -0.39 is 6.10 Å². The number of hydrogen-bond donors (Lipinski definition) is 1. The van der Waals surface area contributed by atoms with Gasteiger partial charge in [-0.05, 0) is 55.8 Å². The number of halogens is 1. The largest absolute Gasteiger partial charge is 0.492 e. The quantitative estimate of drug-likeness (QED) is 0.787. The average molecular weight is 334 g/mol. The Kier molecular flexibility index (Phi) is 6.29. The fraction of sp³-hybridized carbons (Fsp3) is 0.278. The van der Waals surface area contributed by atoms with Crippen molar-refractivity contribution in [3.63, 3.8) is 0 Å². The normalized spacial score (nSPS) is 11.6. The summed E-state index contributed by atoms with van der Waals surface area (Å²) in [5.74, 6) is 1.23. The van der Waals surface area contributed by atoms with Gasteiger partial charge in [0.25, 0.3) is 5.91 Å². The van der Waals surface area contributed by atoms with E-state index in [-0.39, 0.29) is 5.91 Å². The van der Waals surface area contributed by atoms with Gasteiger partial charge in [-0.2, -0.15) is 0 Å². The molecule has 0 bridgehead atoms. The summed E-state index contributed by atoms with van der Waals surface area (Å²) < 4.78 is 11.1. The molecule has 5 heteroatoms. The van der Waals surface area contributed by atoms with Crippen LogP contribution in [0.2, 0.25) is 5.02 Å². The van der Waals surface area contributed by atoms with Gasteiger partial charge in [0, 0.05) is 5.02 Å². The SMILES string of the molecule is Cc1cccc(O[C@@H](C)C(=O)NCCOc2ccc(Cl)cc2)c1. The zero-order valence-corrected chi connectivity index (χ0v) is 14.0. The van der Waals surface area contributed by atoms with Crippen LogP contribution in [-0.2, 0) is 4.79 Å². The predicted octanol–water partition coefficient (Wildman–Crippen LogP) is 3.61. The maximum Gasteiger partial charge on any atom is 0.260 e. The van der Waals surface area contributed by atoms with Crippen LogP contribution in [0.5, 0.6) is 11.5 Å². The second kappa shape index (κ2) is 8.44. The summed E-state index contributed by atoms with van der Waals surface area (Å²) in [5.41, 5.74) is 1.09. The minimum Gasteiger partial charge on any atom is -0.492 e. The van der Waals surface area contributed by atoms with Crippen LogP contribution in [0.1, 0.15) is 12.5 Å². The maximum absolute atomic E-state index is 12.0. The molecular formula is C18H20ClNO3. The number of aryl methyl sites for hydroxylation is 1. The third kappa shape index (κ3) is 5.83. The molecule has 0 unspecified atom stereocenters. The van der Waals surface area contributed by atoms with Crippen molar-refractivity contribution in [2.75, 3.05) is 13.2 Å². The van der Waals surface area contributed by atoms with Crippen molar-refractivity contribution in [1.29, 1.82) is 0 Å². The van der Waals surface area contributed by atoms with Crippen LogP contribution < -0.4 is 14.8 Å². The van der Waals surface area contributed by atoms with Gasteiger partial charge in [0.2, 0.25) is 0 Å². The topological polar surface area (TPSA) is 47.6 Å². The molecule has 2 rings (SSSR count). The second-order valence-corrected chi connectivity index (χ2v) is 5.61. The van der Waals surface area contributed by atoms with E-state index in [2.05, 4.69) is 5.32 Å². The van der Waals surface area contributed by atoms with E-state index in [0.29, 0.717) is 29.7 Å². The molecule has 1 atom stereocenters. The van der Waals surface area contributed by atoms with Crippen molar-refractivity contribution in [2.45, 2.75) is 20.0 Å². The number of benzene rings is 2. The van der Waals surface area contributed by atoms with Gasteiger partial charge in [0.15, 0.2) is 6.10 Å². The second-order valence-electron chi connectivity index (χ2n) is 5.17. The molecule has 0 saturated carbocycles. The lowest BCUT2D eigenvalue weighted by Gasteiger charge is -2.15. The Morgan fingerprint density at radius 2 is 1.91 bits per heavy atom. The fourth-order valence-electron chi connectivity index (χ4n) is 1.96. The molecule has 1 N–H and O–H groups in total. The number of amides is 1. The number of nitrogens with one attached hydrogen (secondary N) is 1. The zero-order valence-electron chi connectivity index (χ0n) is 13.2. The van der Waals surface area contributed by atoms with E-state index >= 15 is 0 Å². The van der Waals surface area contributed by atoms with Crippen LogP contribution in [0, 0.1) is 6.92 Å². The first kappa shape index (κ1) is 17.2. The molecule has 0 aromatic heterocycles. The van der Waals surface area contributed by atoms with E-state index in [4.69, 9.17) is 21.1 Å². The van der Waals surface area contributed by atoms with E-state index in [1.807, 2.05) is 31.2 Å². The Morgan fingerprint density at radius 1 is 1.17 bits per heavy atom. The summed E-state index contributed by atoms with van der Waals surface area (Å²) in [4.78, 5) is 12.0. The standard InChI is InChI=1S/C18H20ClNO3/c1-13-4-3-5-17(12-13)23-14(2)18(21)20-10-11-22-16-8-6-15(19)7-9-16/h3-9,12,14H,10-11H2,1-2H3,(H,20,21)/t14-/m0/s1. The van der Waals surface area contributed by atoms with Gasteiger partial charge in [0.1, 0.15) is 18.1 Å². The maximum atomic E-state index is 12.0. The highest BCUT2D eigenvalue weighted by atomic mass is 35.5. The zero-order chi connectivity index (χ0) is 16.7. The molecule has 0 radical (unpaired) electrons. The van der Waals surface area contributed by atoms with Crippen molar-refractivity contribution in [2.24, 2.45) is 0 Å². The summed E-state index contributed by atoms with van der Waals surface area (Å²) in [6, 6.07) is 14.7. The highest BCUT2D eigenvalue weighted by molar-refractivity contribution is 6.30. The molecule has 122 valence electrons. The first-order valence-electron chi connectivity index (χ1n) is 7.44. The number of carbonyl (C=O) groups excluding carboxylic acids is 1. The van der Waals surface area contributed by atoms with E-state index in [0.717, 1.165) is 5.56 Å². The smallest absolute Gasteiger partial charge is 0.260 e. The van der Waals surface area contributed by atoms with Crippen molar-refractivity contribution >= 4 is 17.5 Å². The fourth-order valence-corrected chi connectivity index (χ4v) is 2.09. The molecule has 0 aliphatic carbocycles. The van der Waals surface area contributed by atoms with Crippen molar-refractivity contribution in [3.8, 4) is 11.5 Å². The van der Waals surface area contributed by atoms with Gasteiger partial charge in [-0.3, -0.25) is 4.79 Å². The van der Waals surface area contributed by atoms with Gasteiger partial charge >= 0.3 is 0 Å². The summed E-state index contributed by atoms with van der Waals surface area (Å²) in [6.45, 7) is 4.48. The first-order valence-corrected chi connectivity index (χ1v) is 7.82. The van der Waals surface area contributed by atoms with Gasteiger partial charge in [-0.1, -0.05) is 23.7 Å². The lowest BCUT2D eigenvalue weighted by molar-refractivity contribution is -0.127. The molecule has 2 aromatic rings. The van der Waals surface area contributed by atoms with E-state index in [9.17, 15) is 4.79 Å². The van der Waals surface area contributed by atoms with Crippen LogP contribution in [0.25, 0.3) is 0 Å². The van der Waals surface area contributed by atoms with Crippen LogP contribution >= 0.6 is 11.6 Å². The molecule has 2 aromatic carbocycles. The summed E-state index contributed by atoms with van der Waals surface area (Å²) >= 11 is 5.80. The van der Waals surface area contributed by atoms with Gasteiger partial charge in [0.05, 0.1) is 6.54 Å². The average Bonchev–Trinajstić information content (AvgIpc) is 2.53. The molecule has 0 aliphatic rings. The Bertz CT molecular complexity index is 643. The van der Waals surface area contributed by atoms with Crippen LogP contribution in [0.15, 0.2) is 48.5 Å². The minimum atomic E-state index is -0.563. The van der Waals surface area contributed by atoms with Crippen molar-refractivity contribution in [3.05, 3.63) is 59.1 Å². The highest BCUT2D eigenvalue weighted by Crippen LogP contribution is 2.15.